The predicted octanol–water partition coefficient (Wildman–Crippen LogP) is -2.05. The zero-order valence-electron chi connectivity index (χ0n) is 6.38. The van der Waals surface area contributed by atoms with Crippen LogP contribution in [-0.2, 0) is 4.79 Å². The van der Waals surface area contributed by atoms with Gasteiger partial charge in [0.1, 0.15) is 18.3 Å². The lowest BCUT2D eigenvalue weighted by atomic mass is 10.0. The van der Waals surface area contributed by atoms with E-state index in [4.69, 9.17) is 20.4 Å². The van der Waals surface area contributed by atoms with Gasteiger partial charge in [-0.3, -0.25) is 0 Å². The Morgan fingerprint density at radius 1 is 1.42 bits per heavy atom. The van der Waals surface area contributed by atoms with Gasteiger partial charge in [0.2, 0.25) is 5.85 Å². The molecule has 0 fully saturated rings. The molecule has 0 aliphatic heterocycles. The minimum atomic E-state index is -3.05. The Balaban J connectivity index is 4.28. The van der Waals surface area contributed by atoms with Gasteiger partial charge in [0.05, 0.1) is 0 Å². The first-order valence-electron chi connectivity index (χ1n) is 3.21. The molecule has 0 saturated carbocycles. The van der Waals surface area contributed by atoms with Gasteiger partial charge in [0, 0.05) is 0 Å². The van der Waals surface area contributed by atoms with Crippen LogP contribution < -0.4 is 0 Å². The number of hydrogen-bond donors (Lipinski definition) is 4. The second kappa shape index (κ2) is 3.90. The van der Waals surface area contributed by atoms with Crippen molar-refractivity contribution in [2.24, 2.45) is 0 Å². The summed E-state index contributed by atoms with van der Waals surface area (Å²) in [6, 6.07) is 0. The van der Waals surface area contributed by atoms with E-state index >= 15 is 0 Å². The summed E-state index contributed by atoms with van der Waals surface area (Å²) in [4.78, 5) is 9.85. The molecule has 0 aliphatic carbocycles. The van der Waals surface area contributed by atoms with Crippen LogP contribution in [0.25, 0.3) is 0 Å². The third kappa shape index (κ3) is 2.82. The Hall–Kier alpha value is -0.560. The Bertz CT molecular complexity index is 155. The average Bonchev–Trinajstić information content (AvgIpc) is 1.98. The van der Waals surface area contributed by atoms with Crippen LogP contribution in [0, 0.1) is 0 Å². The lowest BCUT2D eigenvalue weighted by Crippen LogP contribution is -2.49. The Morgan fingerprint density at radius 3 is 2.08 bits per heavy atom. The molecule has 0 bridgehead atoms. The van der Waals surface area contributed by atoms with Crippen LogP contribution >= 0.6 is 0 Å². The minimum Gasteiger partial charge on any atom is -0.387 e. The van der Waals surface area contributed by atoms with Gasteiger partial charge in [0.25, 0.3) is 0 Å². The molecular weight excluding hydrogens is 171 g/mol. The maximum Gasteiger partial charge on any atom is 0.232 e. The first-order chi connectivity index (χ1) is 5.30. The van der Waals surface area contributed by atoms with Crippen molar-refractivity contribution in [1.29, 1.82) is 0 Å². The third-order valence-corrected chi connectivity index (χ3v) is 1.35. The average molecular weight is 182 g/mol. The Kier molecular flexibility index (Phi) is 3.72. The van der Waals surface area contributed by atoms with Crippen LogP contribution in [0.15, 0.2) is 0 Å². The highest BCUT2D eigenvalue weighted by molar-refractivity contribution is 5.56. The van der Waals surface area contributed by atoms with Crippen LogP contribution in [-0.4, -0.2) is 50.9 Å². The van der Waals surface area contributed by atoms with Gasteiger partial charge in [0.15, 0.2) is 6.29 Å². The number of alkyl halides is 1. The van der Waals surface area contributed by atoms with Gasteiger partial charge < -0.3 is 25.2 Å². The first kappa shape index (κ1) is 11.4. The molecule has 0 saturated heterocycles. The van der Waals surface area contributed by atoms with Crippen molar-refractivity contribution in [3.63, 3.8) is 0 Å². The van der Waals surface area contributed by atoms with Crippen molar-refractivity contribution in [1.82, 2.24) is 0 Å². The topological polar surface area (TPSA) is 98.0 Å². The van der Waals surface area contributed by atoms with E-state index in [1.54, 1.807) is 0 Å². The van der Waals surface area contributed by atoms with Crippen LogP contribution in [0.1, 0.15) is 6.92 Å². The van der Waals surface area contributed by atoms with Crippen LogP contribution in [0.3, 0.4) is 0 Å². The molecule has 0 aliphatic rings. The number of aldehydes is 1. The first-order valence-corrected chi connectivity index (χ1v) is 3.21. The predicted molar refractivity (Wildman–Crippen MR) is 35.8 cm³/mol. The number of rotatable bonds is 4. The van der Waals surface area contributed by atoms with Crippen molar-refractivity contribution in [3.05, 3.63) is 0 Å². The molecule has 0 heterocycles. The summed E-state index contributed by atoms with van der Waals surface area (Å²) in [6.45, 7) is 0.596. The maximum absolute atomic E-state index is 12.4. The van der Waals surface area contributed by atoms with Crippen LogP contribution in [0.4, 0.5) is 4.39 Å². The molecule has 0 amide bonds. The van der Waals surface area contributed by atoms with Crippen molar-refractivity contribution < 1.29 is 29.6 Å². The van der Waals surface area contributed by atoms with Crippen molar-refractivity contribution in [2.45, 2.75) is 31.1 Å². The largest absolute Gasteiger partial charge is 0.387 e. The van der Waals surface area contributed by atoms with Crippen LogP contribution in [0.2, 0.25) is 0 Å². The van der Waals surface area contributed by atoms with Gasteiger partial charge in [-0.25, -0.2) is 4.39 Å². The molecule has 0 radical (unpaired) electrons. The fourth-order valence-corrected chi connectivity index (χ4v) is 0.579. The van der Waals surface area contributed by atoms with E-state index in [1.807, 2.05) is 0 Å². The van der Waals surface area contributed by atoms with Gasteiger partial charge in [-0.05, 0) is 6.92 Å². The molecule has 72 valence electrons. The SMILES string of the molecule is C[C@](O)(F)[C@@H](O)[C@H](O)[C@@H](O)C=O. The van der Waals surface area contributed by atoms with E-state index in [0.717, 1.165) is 0 Å². The summed E-state index contributed by atoms with van der Waals surface area (Å²) in [7, 11) is 0. The number of aliphatic hydroxyl groups excluding tert-OH is 3. The number of carbonyl (C=O) groups is 1. The summed E-state index contributed by atoms with van der Waals surface area (Å²) in [5, 5.41) is 34.7. The van der Waals surface area contributed by atoms with E-state index in [-0.39, 0.29) is 6.29 Å². The quantitative estimate of drug-likeness (QED) is 0.375. The molecule has 6 heteroatoms. The number of carbonyl (C=O) groups excluding carboxylic acids is 1. The van der Waals surface area contributed by atoms with E-state index in [2.05, 4.69) is 0 Å². The summed E-state index contributed by atoms with van der Waals surface area (Å²) in [5.41, 5.74) is 0. The molecule has 4 atom stereocenters. The lowest BCUT2D eigenvalue weighted by molar-refractivity contribution is -0.201. The normalized spacial score (nSPS) is 23.8. The highest BCUT2D eigenvalue weighted by Crippen LogP contribution is 2.15. The standard InChI is InChI=1S/C6H11FO5/c1-6(7,12)5(11)4(10)3(9)2-8/h2-5,9-12H,1H3/t3-,4+,5-,6+/m0/s1. The fourth-order valence-electron chi connectivity index (χ4n) is 0.579. The number of halogens is 1. The summed E-state index contributed by atoms with van der Waals surface area (Å²) >= 11 is 0. The molecule has 0 aromatic rings. The third-order valence-electron chi connectivity index (χ3n) is 1.35. The van der Waals surface area contributed by atoms with E-state index in [9.17, 15) is 9.18 Å². The highest BCUT2D eigenvalue weighted by Gasteiger charge is 2.38. The molecule has 0 rings (SSSR count). The molecule has 5 nitrogen and oxygen atoms in total. The summed E-state index contributed by atoms with van der Waals surface area (Å²) < 4.78 is 12.4. The van der Waals surface area contributed by atoms with Gasteiger partial charge in [-0.15, -0.1) is 0 Å². The molecule has 4 N–H and O–H groups in total. The Morgan fingerprint density at radius 2 is 1.83 bits per heavy atom. The molecule has 0 unspecified atom stereocenters. The fraction of sp³-hybridized carbons (Fsp3) is 0.833. The van der Waals surface area contributed by atoms with Crippen molar-refractivity contribution in [3.8, 4) is 0 Å². The van der Waals surface area contributed by atoms with E-state index < -0.39 is 24.2 Å². The van der Waals surface area contributed by atoms with Crippen molar-refractivity contribution in [2.75, 3.05) is 0 Å². The lowest BCUT2D eigenvalue weighted by Gasteiger charge is -2.25. The van der Waals surface area contributed by atoms with Gasteiger partial charge in [-0.2, -0.15) is 0 Å². The maximum atomic E-state index is 12.4. The summed E-state index contributed by atoms with van der Waals surface area (Å²) in [5.74, 6) is -3.05. The second-order valence-electron chi connectivity index (χ2n) is 2.59. The minimum absolute atomic E-state index is 0.0698. The summed E-state index contributed by atoms with van der Waals surface area (Å²) in [6.07, 6.45) is -6.25. The van der Waals surface area contributed by atoms with Gasteiger partial charge >= 0.3 is 0 Å². The molecule has 12 heavy (non-hydrogen) atoms. The smallest absolute Gasteiger partial charge is 0.232 e. The van der Waals surface area contributed by atoms with Crippen LogP contribution in [0.5, 0.6) is 0 Å². The number of aliphatic hydroxyl groups is 4. The molecular formula is C6H11FO5. The van der Waals surface area contributed by atoms with Crippen molar-refractivity contribution >= 4 is 6.29 Å². The number of hydrogen-bond acceptors (Lipinski definition) is 5. The van der Waals surface area contributed by atoms with E-state index in [0.29, 0.717) is 6.92 Å². The Labute approximate surface area is 68.1 Å². The zero-order valence-corrected chi connectivity index (χ0v) is 6.38. The van der Waals surface area contributed by atoms with Gasteiger partial charge in [-0.1, -0.05) is 0 Å². The monoisotopic (exact) mass is 182 g/mol. The van der Waals surface area contributed by atoms with E-state index in [1.165, 1.54) is 0 Å². The second-order valence-corrected chi connectivity index (χ2v) is 2.59. The molecule has 0 aromatic heterocycles. The molecule has 0 spiro atoms. The highest BCUT2D eigenvalue weighted by atomic mass is 19.2. The zero-order chi connectivity index (χ0) is 9.94. The molecule has 0 aromatic carbocycles.